The molecular formula is C19H17F2NO2. The fourth-order valence-electron chi connectivity index (χ4n) is 2.98. The highest BCUT2D eigenvalue weighted by molar-refractivity contribution is 5.98. The third-order valence-electron chi connectivity index (χ3n) is 4.30. The Kier molecular flexibility index (Phi) is 3.67. The van der Waals surface area contributed by atoms with Gasteiger partial charge in [0.25, 0.3) is 0 Å². The first-order chi connectivity index (χ1) is 11.2. The maximum atomic E-state index is 14.4. The smallest absolute Gasteiger partial charge is 0.313 e. The van der Waals surface area contributed by atoms with Crippen molar-refractivity contribution in [1.29, 1.82) is 0 Å². The summed E-state index contributed by atoms with van der Waals surface area (Å²) in [5, 5.41) is 10.2. The van der Waals surface area contributed by atoms with Crippen molar-refractivity contribution in [3.05, 3.63) is 59.2 Å². The number of carbonyl (C=O) groups is 1. The summed E-state index contributed by atoms with van der Waals surface area (Å²) in [6, 6.07) is 8.84. The standard InChI is InChI=1S/C19H17F2NO2/c1-10-8-13-15(19(2,3)18(23)24)16(22-17(13)14(21)9-10)11-4-6-12(20)7-5-11/h4-9,22H,1-3H3,(H,23,24). The van der Waals surface area contributed by atoms with Gasteiger partial charge in [-0.25, -0.2) is 8.78 Å². The van der Waals surface area contributed by atoms with Crippen molar-refractivity contribution < 1.29 is 18.7 Å². The molecule has 124 valence electrons. The molecular weight excluding hydrogens is 312 g/mol. The molecule has 1 aromatic heterocycles. The van der Waals surface area contributed by atoms with Gasteiger partial charge in [-0.05, 0) is 68.3 Å². The molecule has 0 atom stereocenters. The van der Waals surface area contributed by atoms with Gasteiger partial charge in [0.15, 0.2) is 0 Å². The van der Waals surface area contributed by atoms with E-state index in [2.05, 4.69) is 4.98 Å². The minimum atomic E-state index is -1.25. The normalized spacial score (nSPS) is 11.9. The SMILES string of the molecule is Cc1cc(F)c2[nH]c(-c3ccc(F)cc3)c(C(C)(C)C(=O)O)c2c1. The topological polar surface area (TPSA) is 53.1 Å². The van der Waals surface area contributed by atoms with Crippen LogP contribution in [0.3, 0.4) is 0 Å². The van der Waals surface area contributed by atoms with E-state index < -0.39 is 23.0 Å². The number of aromatic amines is 1. The third-order valence-corrected chi connectivity index (χ3v) is 4.30. The number of rotatable bonds is 3. The number of fused-ring (bicyclic) bond motifs is 1. The number of nitrogens with one attached hydrogen (secondary N) is 1. The Morgan fingerprint density at radius 3 is 2.33 bits per heavy atom. The molecule has 0 bridgehead atoms. The van der Waals surface area contributed by atoms with Crippen LogP contribution in [0.1, 0.15) is 25.0 Å². The summed E-state index contributed by atoms with van der Waals surface area (Å²) >= 11 is 0. The van der Waals surface area contributed by atoms with Crippen molar-refractivity contribution in [3.8, 4) is 11.3 Å². The van der Waals surface area contributed by atoms with E-state index >= 15 is 0 Å². The van der Waals surface area contributed by atoms with Crippen LogP contribution >= 0.6 is 0 Å². The molecule has 0 amide bonds. The molecule has 0 saturated heterocycles. The predicted molar refractivity (Wildman–Crippen MR) is 89.0 cm³/mol. The van der Waals surface area contributed by atoms with Crippen LogP contribution < -0.4 is 0 Å². The van der Waals surface area contributed by atoms with Crippen molar-refractivity contribution in [3.63, 3.8) is 0 Å². The van der Waals surface area contributed by atoms with Crippen LogP contribution in [0.5, 0.6) is 0 Å². The van der Waals surface area contributed by atoms with Gasteiger partial charge in [0.2, 0.25) is 0 Å². The van der Waals surface area contributed by atoms with Crippen molar-refractivity contribution >= 4 is 16.9 Å². The number of carboxylic acid groups (broad SMARTS) is 1. The van der Waals surface area contributed by atoms with Crippen LogP contribution in [0.25, 0.3) is 22.2 Å². The lowest BCUT2D eigenvalue weighted by Crippen LogP contribution is -2.29. The monoisotopic (exact) mass is 329 g/mol. The molecule has 0 aliphatic rings. The number of aryl methyl sites for hydroxylation is 1. The van der Waals surface area contributed by atoms with Crippen LogP contribution in [0.15, 0.2) is 36.4 Å². The minimum Gasteiger partial charge on any atom is -0.481 e. The Hall–Kier alpha value is -2.69. The largest absolute Gasteiger partial charge is 0.481 e. The number of hydrogen-bond donors (Lipinski definition) is 2. The van der Waals surface area contributed by atoms with Crippen LogP contribution in [-0.4, -0.2) is 16.1 Å². The first-order valence-corrected chi connectivity index (χ1v) is 7.53. The Balaban J connectivity index is 2.42. The van der Waals surface area contributed by atoms with Gasteiger partial charge in [0.1, 0.15) is 11.6 Å². The van der Waals surface area contributed by atoms with E-state index in [1.54, 1.807) is 39.0 Å². The van der Waals surface area contributed by atoms with Crippen molar-refractivity contribution in [2.24, 2.45) is 0 Å². The molecule has 1 heterocycles. The third kappa shape index (κ3) is 2.46. The summed E-state index contributed by atoms with van der Waals surface area (Å²) in [6.07, 6.45) is 0. The molecule has 0 aliphatic heterocycles. The van der Waals surface area contributed by atoms with Crippen LogP contribution in [0.2, 0.25) is 0 Å². The molecule has 24 heavy (non-hydrogen) atoms. The highest BCUT2D eigenvalue weighted by Gasteiger charge is 2.35. The molecule has 0 unspecified atom stereocenters. The maximum absolute atomic E-state index is 14.4. The van der Waals surface area contributed by atoms with Gasteiger partial charge < -0.3 is 10.1 Å². The van der Waals surface area contributed by atoms with E-state index in [4.69, 9.17) is 0 Å². The van der Waals surface area contributed by atoms with Crippen LogP contribution in [0, 0.1) is 18.6 Å². The van der Waals surface area contributed by atoms with Gasteiger partial charge in [0.05, 0.1) is 16.6 Å². The number of carboxylic acids is 1. The van der Waals surface area contributed by atoms with Gasteiger partial charge in [-0.3, -0.25) is 4.79 Å². The number of halogens is 2. The van der Waals surface area contributed by atoms with Gasteiger partial charge in [0, 0.05) is 10.9 Å². The Labute approximate surface area is 137 Å². The molecule has 2 aromatic carbocycles. The molecule has 3 aromatic rings. The average molecular weight is 329 g/mol. The first kappa shape index (κ1) is 16.2. The quantitative estimate of drug-likeness (QED) is 0.726. The summed E-state index contributed by atoms with van der Waals surface area (Å²) < 4.78 is 27.6. The summed E-state index contributed by atoms with van der Waals surface area (Å²) in [4.78, 5) is 14.8. The number of aromatic nitrogens is 1. The second kappa shape index (κ2) is 5.44. The Bertz CT molecular complexity index is 940. The molecule has 0 radical (unpaired) electrons. The molecule has 0 fully saturated rings. The second-order valence-electron chi connectivity index (χ2n) is 6.48. The van der Waals surface area contributed by atoms with Crippen LogP contribution in [-0.2, 0) is 10.2 Å². The van der Waals surface area contributed by atoms with Gasteiger partial charge in [-0.15, -0.1) is 0 Å². The molecule has 3 nitrogen and oxygen atoms in total. The molecule has 5 heteroatoms. The first-order valence-electron chi connectivity index (χ1n) is 7.53. The zero-order chi connectivity index (χ0) is 17.6. The van der Waals surface area contributed by atoms with Gasteiger partial charge in [-0.1, -0.05) is 0 Å². The number of aliphatic carboxylic acids is 1. The molecule has 0 spiro atoms. The Morgan fingerprint density at radius 1 is 1.12 bits per heavy atom. The number of hydrogen-bond acceptors (Lipinski definition) is 1. The highest BCUT2D eigenvalue weighted by Crippen LogP contribution is 2.40. The fraction of sp³-hybridized carbons (Fsp3) is 0.211. The number of benzene rings is 2. The van der Waals surface area contributed by atoms with E-state index in [0.29, 0.717) is 27.8 Å². The summed E-state index contributed by atoms with van der Waals surface area (Å²) in [7, 11) is 0. The zero-order valence-electron chi connectivity index (χ0n) is 13.6. The molecule has 3 rings (SSSR count). The summed E-state index contributed by atoms with van der Waals surface area (Å²) in [5.41, 5.74) is 1.29. The summed E-state index contributed by atoms with van der Waals surface area (Å²) in [6.45, 7) is 4.90. The molecule has 2 N–H and O–H groups in total. The average Bonchev–Trinajstić information content (AvgIpc) is 2.88. The number of H-pyrrole nitrogens is 1. The predicted octanol–water partition coefficient (Wildman–Crippen LogP) is 4.78. The van der Waals surface area contributed by atoms with E-state index in [-0.39, 0.29) is 5.52 Å². The van der Waals surface area contributed by atoms with Crippen molar-refractivity contribution in [2.45, 2.75) is 26.2 Å². The lowest BCUT2D eigenvalue weighted by atomic mass is 9.81. The highest BCUT2D eigenvalue weighted by atomic mass is 19.1. The minimum absolute atomic E-state index is 0.254. The van der Waals surface area contributed by atoms with Gasteiger partial charge >= 0.3 is 5.97 Å². The summed E-state index contributed by atoms with van der Waals surface area (Å²) in [5.74, 6) is -1.86. The molecule has 0 saturated carbocycles. The lowest BCUT2D eigenvalue weighted by Gasteiger charge is -2.21. The second-order valence-corrected chi connectivity index (χ2v) is 6.48. The van der Waals surface area contributed by atoms with Gasteiger partial charge in [-0.2, -0.15) is 0 Å². The van der Waals surface area contributed by atoms with Crippen LogP contribution in [0.4, 0.5) is 8.78 Å². The van der Waals surface area contributed by atoms with E-state index in [1.807, 2.05) is 0 Å². The van der Waals surface area contributed by atoms with Crippen molar-refractivity contribution in [2.75, 3.05) is 0 Å². The van der Waals surface area contributed by atoms with Crippen molar-refractivity contribution in [1.82, 2.24) is 4.98 Å². The maximum Gasteiger partial charge on any atom is 0.313 e. The van der Waals surface area contributed by atoms with E-state index in [0.717, 1.165) is 0 Å². The zero-order valence-corrected chi connectivity index (χ0v) is 13.6. The molecule has 0 aliphatic carbocycles. The fourth-order valence-corrected chi connectivity index (χ4v) is 2.98. The van der Waals surface area contributed by atoms with E-state index in [1.165, 1.54) is 18.2 Å². The Morgan fingerprint density at radius 2 is 1.75 bits per heavy atom. The van der Waals surface area contributed by atoms with E-state index in [9.17, 15) is 18.7 Å². The lowest BCUT2D eigenvalue weighted by molar-refractivity contribution is -0.142.